The molecule has 0 heterocycles. The highest BCUT2D eigenvalue weighted by molar-refractivity contribution is 6.10. The molecule has 0 nitrogen and oxygen atoms in total. The van der Waals surface area contributed by atoms with Crippen LogP contribution in [0.25, 0.3) is 21.5 Å². The molecule has 84 valence electrons. The van der Waals surface area contributed by atoms with Crippen molar-refractivity contribution in [2.75, 3.05) is 0 Å². The summed E-state index contributed by atoms with van der Waals surface area (Å²) in [7, 11) is 0. The van der Waals surface area contributed by atoms with Gasteiger partial charge in [0, 0.05) is 0 Å². The van der Waals surface area contributed by atoms with Crippen molar-refractivity contribution in [1.29, 1.82) is 0 Å². The normalized spacial score (nSPS) is 11.2. The molecule has 0 atom stereocenters. The second kappa shape index (κ2) is 3.59. The summed E-state index contributed by atoms with van der Waals surface area (Å²) < 4.78 is 0. The zero-order valence-electron chi connectivity index (χ0n) is 10.5. The zero-order chi connectivity index (χ0) is 12.0. The van der Waals surface area contributed by atoms with Gasteiger partial charge >= 0.3 is 0 Å². The Kier molecular flexibility index (Phi) is 2.19. The lowest BCUT2D eigenvalue weighted by Crippen LogP contribution is -1.85. The van der Waals surface area contributed by atoms with Crippen LogP contribution in [0, 0.1) is 20.8 Å². The summed E-state index contributed by atoms with van der Waals surface area (Å²) in [5.74, 6) is 0. The maximum atomic E-state index is 2.26. The average Bonchev–Trinajstić information content (AvgIpc) is 2.32. The average molecular weight is 220 g/mol. The number of hydrogen-bond acceptors (Lipinski definition) is 0. The molecule has 0 aliphatic rings. The Morgan fingerprint density at radius 3 is 2.18 bits per heavy atom. The lowest BCUT2D eigenvalue weighted by Gasteiger charge is -2.10. The van der Waals surface area contributed by atoms with E-state index >= 15 is 0 Å². The first kappa shape index (κ1) is 10.3. The van der Waals surface area contributed by atoms with Gasteiger partial charge in [-0.2, -0.15) is 0 Å². The monoisotopic (exact) mass is 220 g/mol. The van der Waals surface area contributed by atoms with E-state index in [9.17, 15) is 0 Å². The molecule has 0 aliphatic heterocycles. The van der Waals surface area contributed by atoms with Gasteiger partial charge in [-0.05, 0) is 53.4 Å². The van der Waals surface area contributed by atoms with Crippen molar-refractivity contribution in [3.8, 4) is 0 Å². The van der Waals surface area contributed by atoms with Crippen LogP contribution in [0.3, 0.4) is 0 Å². The number of hydrogen-bond donors (Lipinski definition) is 0. The Balaban J connectivity index is 2.59. The van der Waals surface area contributed by atoms with Gasteiger partial charge in [0.1, 0.15) is 0 Å². The summed E-state index contributed by atoms with van der Waals surface area (Å²) in [5.41, 5.74) is 4.04. The van der Waals surface area contributed by atoms with Crippen LogP contribution >= 0.6 is 0 Å². The van der Waals surface area contributed by atoms with E-state index in [2.05, 4.69) is 63.2 Å². The second-order valence-electron chi connectivity index (χ2n) is 4.91. The van der Waals surface area contributed by atoms with Crippen LogP contribution in [0.15, 0.2) is 42.5 Å². The van der Waals surface area contributed by atoms with Crippen molar-refractivity contribution < 1.29 is 0 Å². The van der Waals surface area contributed by atoms with Crippen LogP contribution in [-0.4, -0.2) is 0 Å². The highest BCUT2D eigenvalue weighted by atomic mass is 14.1. The van der Waals surface area contributed by atoms with Gasteiger partial charge < -0.3 is 0 Å². The Morgan fingerprint density at radius 1 is 0.647 bits per heavy atom. The number of benzene rings is 3. The summed E-state index contributed by atoms with van der Waals surface area (Å²) in [6.07, 6.45) is 0. The van der Waals surface area contributed by atoms with E-state index in [4.69, 9.17) is 0 Å². The largest absolute Gasteiger partial charge is 0.0587 e. The summed E-state index contributed by atoms with van der Waals surface area (Å²) in [6.45, 7) is 6.52. The minimum atomic E-state index is 1.32. The van der Waals surface area contributed by atoms with Gasteiger partial charge in [0.05, 0.1) is 0 Å². The molecule has 0 saturated heterocycles. The lowest BCUT2D eigenvalue weighted by molar-refractivity contribution is 1.46. The van der Waals surface area contributed by atoms with Crippen molar-refractivity contribution in [2.24, 2.45) is 0 Å². The molecule has 17 heavy (non-hydrogen) atoms. The van der Waals surface area contributed by atoms with Crippen LogP contribution in [-0.2, 0) is 0 Å². The fourth-order valence-electron chi connectivity index (χ4n) is 2.63. The van der Waals surface area contributed by atoms with E-state index in [-0.39, 0.29) is 0 Å². The van der Waals surface area contributed by atoms with E-state index in [0.717, 1.165) is 0 Å². The second-order valence-corrected chi connectivity index (χ2v) is 4.91. The molecule has 0 radical (unpaired) electrons. The van der Waals surface area contributed by atoms with Crippen molar-refractivity contribution >= 4 is 21.5 Å². The molecule has 0 N–H and O–H groups in total. The Morgan fingerprint density at radius 2 is 1.35 bits per heavy atom. The minimum Gasteiger partial charge on any atom is -0.0587 e. The molecule has 0 amide bonds. The van der Waals surface area contributed by atoms with E-state index in [1.54, 1.807) is 0 Å². The summed E-state index contributed by atoms with van der Waals surface area (Å²) >= 11 is 0. The summed E-state index contributed by atoms with van der Waals surface area (Å²) in [6, 6.07) is 15.6. The van der Waals surface area contributed by atoms with Gasteiger partial charge in [0.2, 0.25) is 0 Å². The Labute approximate surface area is 102 Å². The van der Waals surface area contributed by atoms with Crippen molar-refractivity contribution in [1.82, 2.24) is 0 Å². The highest BCUT2D eigenvalue weighted by Gasteiger charge is 2.05. The molecule has 0 saturated carbocycles. The molecule has 0 aliphatic carbocycles. The maximum Gasteiger partial charge on any atom is -0.00735 e. The van der Waals surface area contributed by atoms with Gasteiger partial charge in [-0.3, -0.25) is 0 Å². The van der Waals surface area contributed by atoms with Crippen molar-refractivity contribution in [3.63, 3.8) is 0 Å². The van der Waals surface area contributed by atoms with Gasteiger partial charge in [-0.25, -0.2) is 0 Å². The van der Waals surface area contributed by atoms with E-state index in [1.807, 2.05) is 0 Å². The molecular weight excluding hydrogens is 204 g/mol. The van der Waals surface area contributed by atoms with Crippen LogP contribution in [0.2, 0.25) is 0 Å². The van der Waals surface area contributed by atoms with Gasteiger partial charge in [0.15, 0.2) is 0 Å². The van der Waals surface area contributed by atoms with Crippen LogP contribution in [0.1, 0.15) is 16.7 Å². The first-order valence-corrected chi connectivity index (χ1v) is 6.06. The third-order valence-electron chi connectivity index (χ3n) is 3.58. The summed E-state index contributed by atoms with van der Waals surface area (Å²) in [5, 5.41) is 5.49. The third kappa shape index (κ3) is 1.52. The standard InChI is InChI=1S/C17H16/c1-11-4-8-16-14(10-11)7-9-15-12(2)5-6-13(3)17(15)16/h4-10H,1-3H3. The van der Waals surface area contributed by atoms with E-state index in [1.165, 1.54) is 38.2 Å². The molecule has 3 aromatic rings. The maximum absolute atomic E-state index is 2.26. The lowest BCUT2D eigenvalue weighted by atomic mass is 9.95. The SMILES string of the molecule is Cc1ccc2c(ccc3c(C)ccc(C)c32)c1. The molecule has 3 aromatic carbocycles. The third-order valence-corrected chi connectivity index (χ3v) is 3.58. The smallest absolute Gasteiger partial charge is 0.00735 e. The van der Waals surface area contributed by atoms with Gasteiger partial charge in [-0.1, -0.05) is 48.0 Å². The number of aryl methyl sites for hydroxylation is 3. The minimum absolute atomic E-state index is 1.32. The first-order valence-electron chi connectivity index (χ1n) is 6.06. The van der Waals surface area contributed by atoms with E-state index < -0.39 is 0 Å². The highest BCUT2D eigenvalue weighted by Crippen LogP contribution is 2.30. The summed E-state index contributed by atoms with van der Waals surface area (Å²) in [4.78, 5) is 0. The van der Waals surface area contributed by atoms with Crippen molar-refractivity contribution in [2.45, 2.75) is 20.8 Å². The Hall–Kier alpha value is -1.82. The first-order chi connectivity index (χ1) is 8.16. The molecular formula is C17H16. The molecule has 0 spiro atoms. The van der Waals surface area contributed by atoms with Crippen LogP contribution in [0.5, 0.6) is 0 Å². The molecule has 3 rings (SSSR count). The number of fused-ring (bicyclic) bond motifs is 3. The zero-order valence-corrected chi connectivity index (χ0v) is 10.5. The van der Waals surface area contributed by atoms with Gasteiger partial charge in [-0.15, -0.1) is 0 Å². The predicted molar refractivity (Wildman–Crippen MR) is 75.7 cm³/mol. The number of rotatable bonds is 0. The van der Waals surface area contributed by atoms with Crippen molar-refractivity contribution in [3.05, 3.63) is 59.2 Å². The molecule has 0 fully saturated rings. The fourth-order valence-corrected chi connectivity index (χ4v) is 2.63. The van der Waals surface area contributed by atoms with Crippen LogP contribution in [0.4, 0.5) is 0 Å². The fraction of sp³-hybridized carbons (Fsp3) is 0.176. The quantitative estimate of drug-likeness (QED) is 0.472. The molecule has 0 aromatic heterocycles. The molecule has 0 heteroatoms. The molecule has 0 unspecified atom stereocenters. The molecule has 0 bridgehead atoms. The Bertz CT molecular complexity index is 721. The van der Waals surface area contributed by atoms with E-state index in [0.29, 0.717) is 0 Å². The predicted octanol–water partition coefficient (Wildman–Crippen LogP) is 4.92. The topological polar surface area (TPSA) is 0 Å². The van der Waals surface area contributed by atoms with Crippen LogP contribution < -0.4 is 0 Å². The van der Waals surface area contributed by atoms with Gasteiger partial charge in [0.25, 0.3) is 0 Å².